The lowest BCUT2D eigenvalue weighted by Gasteiger charge is -2.32. The van der Waals surface area contributed by atoms with E-state index in [1.165, 1.54) is 71.5 Å². The van der Waals surface area contributed by atoms with E-state index in [0.29, 0.717) is 16.6 Å². The molecule has 176 valence electrons. The van der Waals surface area contributed by atoms with Gasteiger partial charge in [0, 0.05) is 17.0 Å². The minimum absolute atomic E-state index is 0.0251. The lowest BCUT2D eigenvalue weighted by Crippen LogP contribution is -2.43. The van der Waals surface area contributed by atoms with E-state index >= 15 is 0 Å². The molecule has 0 bridgehead atoms. The maximum atomic E-state index is 14.5. The fraction of sp³-hybridized carbons (Fsp3) is 0.0800. The van der Waals surface area contributed by atoms with Gasteiger partial charge in [-0.1, -0.05) is 24.3 Å². The van der Waals surface area contributed by atoms with Crippen LogP contribution in [0.2, 0.25) is 0 Å². The van der Waals surface area contributed by atoms with E-state index in [9.17, 15) is 32.8 Å². The molecule has 1 atom stereocenters. The molecule has 0 radical (unpaired) electrons. The van der Waals surface area contributed by atoms with Crippen LogP contribution in [-0.4, -0.2) is 26.0 Å². The molecular formula is C25H15F4N3O3. The van der Waals surface area contributed by atoms with Crippen LogP contribution in [0.5, 0.6) is 0 Å². The van der Waals surface area contributed by atoms with Gasteiger partial charge in [-0.3, -0.25) is 10.1 Å². The Morgan fingerprint density at radius 1 is 0.914 bits per heavy atom. The lowest BCUT2D eigenvalue weighted by atomic mass is 9.82. The summed E-state index contributed by atoms with van der Waals surface area (Å²) in [5, 5.41) is 27.1. The highest BCUT2D eigenvalue weighted by molar-refractivity contribution is 5.94. The normalized spacial score (nSPS) is 13.7. The summed E-state index contributed by atoms with van der Waals surface area (Å²) in [7, 11) is 0. The first-order valence-electron chi connectivity index (χ1n) is 10.3. The Morgan fingerprint density at radius 2 is 1.60 bits per heavy atom. The van der Waals surface area contributed by atoms with Crippen LogP contribution in [0.3, 0.4) is 0 Å². The molecule has 0 saturated heterocycles. The summed E-state index contributed by atoms with van der Waals surface area (Å²) in [4.78, 5) is 10.7. The van der Waals surface area contributed by atoms with Gasteiger partial charge < -0.3 is 5.11 Å². The van der Waals surface area contributed by atoms with Crippen LogP contribution in [0.15, 0.2) is 85.1 Å². The third kappa shape index (κ3) is 3.50. The average molecular weight is 481 g/mol. The zero-order valence-corrected chi connectivity index (χ0v) is 17.7. The number of non-ortho nitro benzene ring substituents is 1. The third-order valence-electron chi connectivity index (χ3n) is 5.95. The van der Waals surface area contributed by atoms with Gasteiger partial charge in [0.25, 0.3) is 5.69 Å². The highest BCUT2D eigenvalue weighted by atomic mass is 19.4. The van der Waals surface area contributed by atoms with Crippen molar-refractivity contribution in [3.8, 4) is 5.69 Å². The molecule has 1 unspecified atom stereocenters. The molecule has 0 aliphatic carbocycles. The quantitative estimate of drug-likeness (QED) is 0.193. The molecule has 4 aromatic carbocycles. The number of fused-ring (bicyclic) bond motifs is 2. The molecule has 10 heteroatoms. The molecule has 0 spiro atoms. The van der Waals surface area contributed by atoms with E-state index in [4.69, 9.17) is 0 Å². The van der Waals surface area contributed by atoms with Gasteiger partial charge in [0.05, 0.1) is 27.7 Å². The Bertz CT molecular complexity index is 1600. The number of rotatable bonds is 4. The van der Waals surface area contributed by atoms with E-state index < -0.39 is 33.6 Å². The van der Waals surface area contributed by atoms with Crippen LogP contribution < -0.4 is 0 Å². The first-order chi connectivity index (χ1) is 16.6. The van der Waals surface area contributed by atoms with Crippen molar-refractivity contribution in [3.63, 3.8) is 0 Å². The van der Waals surface area contributed by atoms with Crippen molar-refractivity contribution < 1.29 is 27.6 Å². The summed E-state index contributed by atoms with van der Waals surface area (Å²) < 4.78 is 58.3. The van der Waals surface area contributed by atoms with Crippen LogP contribution in [0.1, 0.15) is 11.1 Å². The predicted octanol–water partition coefficient (Wildman–Crippen LogP) is 6.02. The number of alkyl halides is 3. The Morgan fingerprint density at radius 3 is 2.26 bits per heavy atom. The van der Waals surface area contributed by atoms with Gasteiger partial charge in [0.15, 0.2) is 0 Å². The summed E-state index contributed by atoms with van der Waals surface area (Å²) in [5.74, 6) is -0.446. The molecule has 1 N–H and O–H groups in total. The predicted molar refractivity (Wildman–Crippen MR) is 121 cm³/mol. The largest absolute Gasteiger partial charge is 0.425 e. The molecule has 5 rings (SSSR count). The second-order valence-electron chi connectivity index (χ2n) is 7.95. The van der Waals surface area contributed by atoms with E-state index in [2.05, 4.69) is 5.10 Å². The Kier molecular flexibility index (Phi) is 5.06. The monoisotopic (exact) mass is 481 g/mol. The van der Waals surface area contributed by atoms with Crippen molar-refractivity contribution in [2.24, 2.45) is 0 Å². The van der Waals surface area contributed by atoms with Crippen LogP contribution >= 0.6 is 0 Å². The second-order valence-corrected chi connectivity index (χ2v) is 7.95. The van der Waals surface area contributed by atoms with Gasteiger partial charge in [0.1, 0.15) is 5.82 Å². The smallest absolute Gasteiger partial charge is 0.372 e. The summed E-state index contributed by atoms with van der Waals surface area (Å²) in [6, 6.07) is 16.6. The van der Waals surface area contributed by atoms with Gasteiger partial charge in [-0.2, -0.15) is 18.3 Å². The molecule has 1 heterocycles. The van der Waals surface area contributed by atoms with Gasteiger partial charge in [0.2, 0.25) is 5.60 Å². The summed E-state index contributed by atoms with van der Waals surface area (Å²) in [6.45, 7) is 0. The van der Waals surface area contributed by atoms with Crippen molar-refractivity contribution in [3.05, 3.63) is 112 Å². The van der Waals surface area contributed by atoms with Crippen molar-refractivity contribution in [2.75, 3.05) is 0 Å². The van der Waals surface area contributed by atoms with Gasteiger partial charge in [-0.05, 0) is 59.5 Å². The summed E-state index contributed by atoms with van der Waals surface area (Å²) in [5.41, 5.74) is -3.90. The number of hydrogen-bond donors (Lipinski definition) is 1. The molecule has 35 heavy (non-hydrogen) atoms. The number of nitro groups is 1. The molecule has 0 saturated carbocycles. The highest BCUT2D eigenvalue weighted by Crippen LogP contribution is 2.48. The maximum Gasteiger partial charge on any atom is 0.425 e. The molecule has 0 aliphatic heterocycles. The number of benzene rings is 4. The van der Waals surface area contributed by atoms with Crippen molar-refractivity contribution in [1.29, 1.82) is 0 Å². The van der Waals surface area contributed by atoms with Crippen LogP contribution in [-0.2, 0) is 5.60 Å². The highest BCUT2D eigenvalue weighted by Gasteiger charge is 2.57. The average Bonchev–Trinajstić information content (AvgIpc) is 3.26. The van der Waals surface area contributed by atoms with Crippen LogP contribution in [0.25, 0.3) is 27.4 Å². The number of halogens is 4. The van der Waals surface area contributed by atoms with Gasteiger partial charge in [-0.25, -0.2) is 9.07 Å². The SMILES string of the molecule is O=[N+]([O-])c1ccc(C(O)(c2ccc3c(cnn3-c3ccc(F)cc3)c2)C(F)(F)F)c2ccccc12. The van der Waals surface area contributed by atoms with Crippen molar-refractivity contribution in [1.82, 2.24) is 9.78 Å². The first kappa shape index (κ1) is 22.5. The molecule has 0 aliphatic rings. The van der Waals surface area contributed by atoms with E-state index in [1.807, 2.05) is 0 Å². The minimum atomic E-state index is -5.16. The lowest BCUT2D eigenvalue weighted by molar-refractivity contribution is -0.383. The maximum absolute atomic E-state index is 14.5. The number of nitro benzene ring substituents is 1. The van der Waals surface area contributed by atoms with E-state index in [1.54, 1.807) is 0 Å². The van der Waals surface area contributed by atoms with E-state index in [0.717, 1.165) is 18.2 Å². The molecule has 0 amide bonds. The molecule has 6 nitrogen and oxygen atoms in total. The zero-order chi connectivity index (χ0) is 25.0. The van der Waals surface area contributed by atoms with E-state index in [-0.39, 0.29) is 16.5 Å². The fourth-order valence-corrected chi connectivity index (χ4v) is 4.28. The standard InChI is InChI=1S/C25H15F4N3O3/c26-17-6-8-18(9-7-17)31-22-11-5-16(13-15(22)14-30-31)24(33,25(27,28)29)21-10-12-23(32(34)35)20-4-2-1-3-19(20)21/h1-14,33H. The zero-order valence-electron chi connectivity index (χ0n) is 17.7. The summed E-state index contributed by atoms with van der Waals surface area (Å²) >= 11 is 0. The Hall–Kier alpha value is -4.31. The van der Waals surface area contributed by atoms with Crippen LogP contribution in [0, 0.1) is 15.9 Å². The van der Waals surface area contributed by atoms with Gasteiger partial charge in [-0.15, -0.1) is 0 Å². The molecule has 1 aromatic heterocycles. The molecular weight excluding hydrogens is 466 g/mol. The number of aliphatic hydroxyl groups is 1. The molecule has 0 fully saturated rings. The van der Waals surface area contributed by atoms with Crippen LogP contribution in [0.4, 0.5) is 23.2 Å². The molecule has 5 aromatic rings. The Labute approximate surface area is 194 Å². The number of nitrogens with zero attached hydrogens (tertiary/aromatic N) is 3. The number of aromatic nitrogens is 2. The second kappa shape index (κ2) is 7.88. The third-order valence-corrected chi connectivity index (χ3v) is 5.95. The first-order valence-corrected chi connectivity index (χ1v) is 10.3. The van der Waals surface area contributed by atoms with Crippen molar-refractivity contribution >= 4 is 27.4 Å². The number of hydrogen-bond acceptors (Lipinski definition) is 4. The minimum Gasteiger partial charge on any atom is -0.372 e. The van der Waals surface area contributed by atoms with Crippen molar-refractivity contribution in [2.45, 2.75) is 11.8 Å². The Balaban J connectivity index is 1.73. The topological polar surface area (TPSA) is 81.2 Å². The fourth-order valence-electron chi connectivity index (χ4n) is 4.28. The summed E-state index contributed by atoms with van der Waals surface area (Å²) in [6.07, 6.45) is -3.82. The van der Waals surface area contributed by atoms with Gasteiger partial charge >= 0.3 is 6.18 Å².